The Balaban J connectivity index is 1.20. The van der Waals surface area contributed by atoms with Gasteiger partial charge in [-0.3, -0.25) is 14.9 Å². The summed E-state index contributed by atoms with van der Waals surface area (Å²) in [6, 6.07) is 2.07. The van der Waals surface area contributed by atoms with E-state index < -0.39 is 0 Å². The normalized spacial score (nSPS) is 27.6. The number of fused-ring (bicyclic) bond motifs is 1. The van der Waals surface area contributed by atoms with Gasteiger partial charge in [-0.25, -0.2) is 0 Å². The van der Waals surface area contributed by atoms with E-state index in [1.54, 1.807) is 0 Å². The summed E-state index contributed by atoms with van der Waals surface area (Å²) in [6.07, 6.45) is 9.48. The lowest BCUT2D eigenvalue weighted by Gasteiger charge is -2.32. The van der Waals surface area contributed by atoms with Crippen molar-refractivity contribution in [2.75, 3.05) is 31.5 Å². The molecule has 32 heavy (non-hydrogen) atoms. The second kappa shape index (κ2) is 8.23. The van der Waals surface area contributed by atoms with Gasteiger partial charge in [0, 0.05) is 43.4 Å². The highest BCUT2D eigenvalue weighted by Gasteiger charge is 2.37. The van der Waals surface area contributed by atoms with Crippen LogP contribution in [0.5, 0.6) is 0 Å². The average Bonchev–Trinajstić information content (AvgIpc) is 3.20. The molecule has 170 valence electrons. The maximum Gasteiger partial charge on any atom is 0.245 e. The summed E-state index contributed by atoms with van der Waals surface area (Å²) in [5.41, 5.74) is 2.17. The molecule has 1 aliphatic carbocycles. The molecule has 10 heteroatoms. The van der Waals surface area contributed by atoms with Crippen LogP contribution in [-0.4, -0.2) is 76.1 Å². The fourth-order valence-corrected chi connectivity index (χ4v) is 5.05. The number of rotatable bonds is 4. The van der Waals surface area contributed by atoms with Crippen molar-refractivity contribution < 1.29 is 4.79 Å². The molecule has 2 unspecified atom stereocenters. The third-order valence-electron chi connectivity index (χ3n) is 6.94. The highest BCUT2D eigenvalue weighted by atomic mass is 16.2. The number of aliphatic imine (C=N–C) groups is 1. The van der Waals surface area contributed by atoms with E-state index in [-0.39, 0.29) is 18.0 Å². The highest BCUT2D eigenvalue weighted by molar-refractivity contribution is 6.14. The molecule has 2 saturated heterocycles. The molecule has 6 rings (SSSR count). The Morgan fingerprint density at radius 1 is 1.16 bits per heavy atom. The number of likely N-dealkylation sites (tertiary alicyclic amines) is 1. The predicted octanol–water partition coefficient (Wildman–Crippen LogP) is 1.30. The molecule has 0 bridgehead atoms. The molecule has 1 aromatic heterocycles. The van der Waals surface area contributed by atoms with Crippen LogP contribution >= 0.6 is 0 Å². The minimum Gasteiger partial charge on any atom is -0.350 e. The second-order valence-corrected chi connectivity index (χ2v) is 9.37. The fourth-order valence-electron chi connectivity index (χ4n) is 5.05. The third-order valence-corrected chi connectivity index (χ3v) is 6.94. The van der Waals surface area contributed by atoms with Crippen LogP contribution in [0, 0.1) is 0 Å². The standard InChI is InChI=1S/C22H31N9O/c32-21(24-15-4-1-9-23-13-15)18-6-2-10-30(18)22-26-20(17-5-3-11-31(17)29-22)25-19-12-16(27-28-19)14-7-8-14/h5,12,14-15,18,23H,1-4,6-11,13H2,(H,24,32)(H2,25,26,27,28,29). The third kappa shape index (κ3) is 3.87. The zero-order valence-corrected chi connectivity index (χ0v) is 18.3. The largest absolute Gasteiger partial charge is 0.350 e. The number of carbonyl (C=O) groups is 1. The number of H-pyrrole nitrogens is 1. The number of amides is 1. The van der Waals surface area contributed by atoms with Gasteiger partial charge in [0.15, 0.2) is 11.7 Å². The van der Waals surface area contributed by atoms with E-state index in [4.69, 9.17) is 10.1 Å². The molecular formula is C22H31N9O. The predicted molar refractivity (Wildman–Crippen MR) is 122 cm³/mol. The van der Waals surface area contributed by atoms with Gasteiger partial charge in [0.1, 0.15) is 6.04 Å². The first-order valence-corrected chi connectivity index (χ1v) is 12.0. The Hall–Kier alpha value is -2.88. The number of piperidine rings is 1. The minimum atomic E-state index is -0.222. The molecule has 1 aromatic rings. The van der Waals surface area contributed by atoms with E-state index in [0.717, 1.165) is 75.6 Å². The van der Waals surface area contributed by atoms with E-state index in [2.05, 4.69) is 43.2 Å². The van der Waals surface area contributed by atoms with Gasteiger partial charge in [-0.2, -0.15) is 10.1 Å². The zero-order valence-electron chi connectivity index (χ0n) is 18.3. The molecule has 3 fully saturated rings. The number of nitrogens with one attached hydrogen (secondary N) is 4. The van der Waals surface area contributed by atoms with Crippen molar-refractivity contribution in [3.05, 3.63) is 23.5 Å². The monoisotopic (exact) mass is 437 g/mol. The number of carbonyl (C=O) groups excluding carboxylic acids is 1. The van der Waals surface area contributed by atoms with E-state index in [1.165, 1.54) is 18.5 Å². The molecule has 4 N–H and O–H groups in total. The molecular weight excluding hydrogens is 406 g/mol. The molecule has 2 atom stereocenters. The maximum atomic E-state index is 13.1. The lowest BCUT2D eigenvalue weighted by molar-refractivity contribution is -0.125. The molecule has 0 spiro atoms. The van der Waals surface area contributed by atoms with Gasteiger partial charge in [-0.1, -0.05) is 6.08 Å². The number of anilines is 1. The van der Waals surface area contributed by atoms with Crippen molar-refractivity contribution in [1.82, 2.24) is 30.7 Å². The van der Waals surface area contributed by atoms with E-state index in [1.807, 2.05) is 5.01 Å². The Kier molecular flexibility index (Phi) is 5.09. The van der Waals surface area contributed by atoms with Crippen LogP contribution in [-0.2, 0) is 4.79 Å². The van der Waals surface area contributed by atoms with E-state index in [0.29, 0.717) is 11.9 Å². The number of aromatic nitrogens is 2. The van der Waals surface area contributed by atoms with Gasteiger partial charge < -0.3 is 20.9 Å². The van der Waals surface area contributed by atoms with Crippen LogP contribution < -0.4 is 16.0 Å². The van der Waals surface area contributed by atoms with Crippen molar-refractivity contribution in [3.63, 3.8) is 0 Å². The van der Waals surface area contributed by atoms with Gasteiger partial charge in [0.25, 0.3) is 0 Å². The summed E-state index contributed by atoms with van der Waals surface area (Å²) in [6.45, 7) is 3.50. The first kappa shape index (κ1) is 19.8. The highest BCUT2D eigenvalue weighted by Crippen LogP contribution is 2.39. The first-order valence-electron chi connectivity index (χ1n) is 12.0. The van der Waals surface area contributed by atoms with Crippen LogP contribution in [0.2, 0.25) is 0 Å². The van der Waals surface area contributed by atoms with Crippen molar-refractivity contribution in [2.45, 2.75) is 62.9 Å². The number of nitrogens with zero attached hydrogens (tertiary/aromatic N) is 5. The Morgan fingerprint density at radius 3 is 2.94 bits per heavy atom. The number of amidine groups is 1. The Bertz CT molecular complexity index is 970. The summed E-state index contributed by atoms with van der Waals surface area (Å²) in [5.74, 6) is 2.86. The fraction of sp³-hybridized carbons (Fsp3) is 0.636. The summed E-state index contributed by atoms with van der Waals surface area (Å²) < 4.78 is 0. The Labute approximate surface area is 187 Å². The smallest absolute Gasteiger partial charge is 0.245 e. The van der Waals surface area contributed by atoms with Crippen molar-refractivity contribution in [3.8, 4) is 0 Å². The van der Waals surface area contributed by atoms with Gasteiger partial charge in [0.2, 0.25) is 11.9 Å². The molecule has 1 saturated carbocycles. The zero-order chi connectivity index (χ0) is 21.5. The molecule has 5 heterocycles. The van der Waals surface area contributed by atoms with Crippen LogP contribution in [0.15, 0.2) is 27.9 Å². The van der Waals surface area contributed by atoms with Crippen LogP contribution in [0.1, 0.15) is 56.6 Å². The number of hydrazone groups is 1. The molecule has 4 aliphatic heterocycles. The van der Waals surface area contributed by atoms with Gasteiger partial charge in [-0.15, -0.1) is 5.10 Å². The van der Waals surface area contributed by atoms with Gasteiger partial charge >= 0.3 is 0 Å². The number of hydrogen-bond donors (Lipinski definition) is 4. The minimum absolute atomic E-state index is 0.0905. The van der Waals surface area contributed by atoms with E-state index >= 15 is 0 Å². The molecule has 0 radical (unpaired) electrons. The molecule has 0 aromatic carbocycles. The second-order valence-electron chi connectivity index (χ2n) is 9.37. The molecule has 10 nitrogen and oxygen atoms in total. The lowest BCUT2D eigenvalue weighted by Crippen LogP contribution is -2.53. The number of aromatic amines is 1. The van der Waals surface area contributed by atoms with Gasteiger partial charge in [0.05, 0.1) is 5.70 Å². The van der Waals surface area contributed by atoms with Crippen molar-refractivity contribution in [1.29, 1.82) is 0 Å². The quantitative estimate of drug-likeness (QED) is 0.565. The van der Waals surface area contributed by atoms with E-state index in [9.17, 15) is 4.79 Å². The Morgan fingerprint density at radius 2 is 2.09 bits per heavy atom. The average molecular weight is 438 g/mol. The summed E-state index contributed by atoms with van der Waals surface area (Å²) >= 11 is 0. The van der Waals surface area contributed by atoms with Gasteiger partial charge in [-0.05, 0) is 51.5 Å². The van der Waals surface area contributed by atoms with Crippen molar-refractivity contribution >= 4 is 23.5 Å². The lowest BCUT2D eigenvalue weighted by atomic mass is 10.1. The molecule has 1 amide bonds. The maximum absolute atomic E-state index is 13.1. The first-order chi connectivity index (χ1) is 15.7. The van der Waals surface area contributed by atoms with Crippen molar-refractivity contribution in [2.24, 2.45) is 10.1 Å². The number of guanidine groups is 1. The summed E-state index contributed by atoms with van der Waals surface area (Å²) in [5, 5.41) is 24.4. The van der Waals surface area contributed by atoms with Crippen LogP contribution in [0.25, 0.3) is 0 Å². The SMILES string of the molecule is O=C(NC1CCCNC1)C1CCCN1C1=NN2CCC=C2C(Nc2cc(C3CC3)[nH]n2)=N1. The molecule has 5 aliphatic rings. The van der Waals surface area contributed by atoms with Crippen LogP contribution in [0.3, 0.4) is 0 Å². The summed E-state index contributed by atoms with van der Waals surface area (Å²) in [4.78, 5) is 20.0. The van der Waals surface area contributed by atoms with Crippen LogP contribution in [0.4, 0.5) is 5.82 Å². The summed E-state index contributed by atoms with van der Waals surface area (Å²) in [7, 11) is 0. The number of hydrogen-bond acceptors (Lipinski definition) is 8. The topological polar surface area (TPSA) is 113 Å².